The number of benzene rings is 2. The summed E-state index contributed by atoms with van der Waals surface area (Å²) in [5, 5.41) is 44.7. The van der Waals surface area contributed by atoms with Gasteiger partial charge in [0.1, 0.15) is 36.6 Å². The number of nitrogens with one attached hydrogen (secondary N) is 2. The minimum Gasteiger partial charge on any atom is -0.507 e. The summed E-state index contributed by atoms with van der Waals surface area (Å²) in [5.74, 6) is -0.464. The van der Waals surface area contributed by atoms with Gasteiger partial charge in [0.25, 0.3) is 5.69 Å². The number of aliphatic carboxylic acids is 1. The van der Waals surface area contributed by atoms with E-state index in [4.69, 9.17) is 14.6 Å². The first-order chi connectivity index (χ1) is 20.3. The van der Waals surface area contributed by atoms with E-state index < -0.39 is 16.9 Å². The van der Waals surface area contributed by atoms with Gasteiger partial charge in [0.2, 0.25) is 0 Å². The Balaban J connectivity index is 0. The number of rotatable bonds is 14. The van der Waals surface area contributed by atoms with Crippen molar-refractivity contribution in [1.82, 2.24) is 5.32 Å². The monoisotopic (exact) mass is 604 g/mol. The fourth-order valence-electron chi connectivity index (χ4n) is 3.06. The molecular formula is C31H48N4O8. The third-order valence-corrected chi connectivity index (χ3v) is 5.67. The number of nitrogens with zero attached hydrogens (tertiary/aromatic N) is 2. The summed E-state index contributed by atoms with van der Waals surface area (Å²) in [4.78, 5) is 31.7. The van der Waals surface area contributed by atoms with Gasteiger partial charge in [0.05, 0.1) is 16.2 Å². The van der Waals surface area contributed by atoms with Crippen LogP contribution in [0, 0.1) is 10.1 Å². The zero-order valence-corrected chi connectivity index (χ0v) is 26.2. The van der Waals surface area contributed by atoms with Crippen molar-refractivity contribution in [3.8, 4) is 11.5 Å². The van der Waals surface area contributed by atoms with E-state index >= 15 is 0 Å². The molecule has 0 saturated heterocycles. The fraction of sp³-hybridized carbons (Fsp3) is 0.419. The number of nitro groups is 1. The van der Waals surface area contributed by atoms with Crippen LogP contribution in [0.3, 0.4) is 0 Å². The summed E-state index contributed by atoms with van der Waals surface area (Å²) >= 11 is 0. The Morgan fingerprint density at radius 2 is 1.65 bits per heavy atom. The molecule has 2 aromatic carbocycles. The van der Waals surface area contributed by atoms with Gasteiger partial charge in [-0.25, -0.2) is 0 Å². The number of likely N-dealkylation sites (N-methyl/N-ethyl adjacent to an activating group) is 2. The Morgan fingerprint density at radius 1 is 1.09 bits per heavy atom. The summed E-state index contributed by atoms with van der Waals surface area (Å²) in [6, 6.07) is 8.36. The van der Waals surface area contributed by atoms with Gasteiger partial charge in [0, 0.05) is 31.4 Å². The van der Waals surface area contributed by atoms with Crippen LogP contribution >= 0.6 is 0 Å². The zero-order valence-electron chi connectivity index (χ0n) is 26.2. The van der Waals surface area contributed by atoms with Crippen LogP contribution in [0.2, 0.25) is 0 Å². The van der Waals surface area contributed by atoms with Crippen LogP contribution in [-0.2, 0) is 20.9 Å². The first-order valence-electron chi connectivity index (χ1n) is 13.7. The number of anilines is 2. The average Bonchev–Trinajstić information content (AvgIpc) is 2.96. The van der Waals surface area contributed by atoms with Crippen molar-refractivity contribution in [2.24, 2.45) is 0 Å². The standard InChI is InChI=1S/C15H24N4O4.C10H12O3.C5H10.CH2O/c1-4-16-8-9-18(5-2)12-6-7-14(19(22)23)13(10-12)17-11(3)15(20)21;1-7(2)13-6-8-9(11)4-3-5-10(8)12;1-4-5(2)3;1-2/h6-7,10-11,16-17H,4-5,8-9H2,1-3H3,(H,20,21);3-5,11-12H,1,6H2,2H3;2,4H2,1,3H3;1H2. The van der Waals surface area contributed by atoms with Crippen LogP contribution < -0.4 is 15.5 Å². The summed E-state index contributed by atoms with van der Waals surface area (Å²) in [6.07, 6.45) is 1.11. The molecule has 1 unspecified atom stereocenters. The molecule has 0 spiro atoms. The van der Waals surface area contributed by atoms with Crippen LogP contribution in [0.5, 0.6) is 11.5 Å². The van der Waals surface area contributed by atoms with E-state index in [1.165, 1.54) is 30.7 Å². The van der Waals surface area contributed by atoms with Crippen molar-refractivity contribution in [3.05, 3.63) is 76.6 Å². The highest BCUT2D eigenvalue weighted by Gasteiger charge is 2.20. The minimum absolute atomic E-state index is 0.0289. The Morgan fingerprint density at radius 3 is 2.07 bits per heavy atom. The van der Waals surface area contributed by atoms with Gasteiger partial charge >= 0.3 is 5.97 Å². The number of nitro benzene ring substituents is 1. The van der Waals surface area contributed by atoms with Crippen LogP contribution in [0.25, 0.3) is 0 Å². The predicted octanol–water partition coefficient (Wildman–Crippen LogP) is 5.85. The van der Waals surface area contributed by atoms with Crippen molar-refractivity contribution in [2.75, 3.05) is 36.4 Å². The summed E-state index contributed by atoms with van der Waals surface area (Å²) in [5.41, 5.74) is 2.53. The van der Waals surface area contributed by atoms with Gasteiger partial charge in [-0.3, -0.25) is 14.9 Å². The molecule has 0 bridgehead atoms. The minimum atomic E-state index is -1.07. The lowest BCUT2D eigenvalue weighted by molar-refractivity contribution is -0.384. The molecule has 240 valence electrons. The molecule has 12 heteroatoms. The van der Waals surface area contributed by atoms with E-state index in [9.17, 15) is 25.1 Å². The second kappa shape index (κ2) is 23.0. The lowest BCUT2D eigenvalue weighted by atomic mass is 10.2. The van der Waals surface area contributed by atoms with Gasteiger partial charge in [-0.1, -0.05) is 32.1 Å². The summed E-state index contributed by atoms with van der Waals surface area (Å²) in [7, 11) is 0. The average molecular weight is 605 g/mol. The number of carbonyl (C=O) groups is 2. The van der Waals surface area contributed by atoms with Crippen molar-refractivity contribution in [2.45, 2.75) is 60.6 Å². The second-order valence-corrected chi connectivity index (χ2v) is 9.17. The van der Waals surface area contributed by atoms with Crippen LogP contribution in [-0.4, -0.2) is 65.2 Å². The summed E-state index contributed by atoms with van der Waals surface area (Å²) < 4.78 is 5.08. The van der Waals surface area contributed by atoms with Gasteiger partial charge in [-0.15, -0.1) is 6.58 Å². The van der Waals surface area contributed by atoms with Crippen LogP contribution in [0.1, 0.15) is 53.5 Å². The number of carboxylic acid groups (broad SMARTS) is 1. The number of allylic oxidation sites excluding steroid dienone is 2. The Bertz CT molecular complexity index is 1140. The Labute approximate surface area is 254 Å². The number of ether oxygens (including phenoxy) is 1. The lowest BCUT2D eigenvalue weighted by Gasteiger charge is -2.24. The molecule has 0 aliphatic rings. The third kappa shape index (κ3) is 17.1. The maximum atomic E-state index is 11.1. The number of hydrogen-bond donors (Lipinski definition) is 5. The molecule has 0 aliphatic heterocycles. The van der Waals surface area contributed by atoms with Crippen molar-refractivity contribution < 1.29 is 34.6 Å². The van der Waals surface area contributed by atoms with E-state index in [0.717, 1.165) is 38.3 Å². The molecule has 43 heavy (non-hydrogen) atoms. The highest BCUT2D eigenvalue weighted by Crippen LogP contribution is 2.30. The predicted molar refractivity (Wildman–Crippen MR) is 172 cm³/mol. The topological polar surface area (TPSA) is 174 Å². The number of aromatic hydroxyl groups is 2. The van der Waals surface area contributed by atoms with Gasteiger partial charge in [-0.2, -0.15) is 0 Å². The number of phenolic OH excluding ortho intramolecular Hbond substituents is 2. The highest BCUT2D eigenvalue weighted by atomic mass is 16.6. The van der Waals surface area contributed by atoms with Gasteiger partial charge in [0.15, 0.2) is 0 Å². The first kappa shape index (κ1) is 40.6. The van der Waals surface area contributed by atoms with Gasteiger partial charge in [-0.05, 0) is 64.9 Å². The molecule has 1 atom stereocenters. The highest BCUT2D eigenvalue weighted by molar-refractivity contribution is 5.79. The SMILES string of the molecule is C=C(C)CC.C=C(C)OCc1c(O)cccc1O.C=O.CCNCCN(CC)c1ccc([N+](=O)[O-])c(NC(C)C(=O)O)c1. The van der Waals surface area contributed by atoms with E-state index in [-0.39, 0.29) is 29.5 Å². The largest absolute Gasteiger partial charge is 0.507 e. The molecule has 0 aromatic heterocycles. The lowest BCUT2D eigenvalue weighted by Crippen LogP contribution is -2.32. The maximum absolute atomic E-state index is 11.1. The number of hydrogen-bond acceptors (Lipinski definition) is 10. The van der Waals surface area contributed by atoms with Crippen molar-refractivity contribution >= 4 is 29.8 Å². The first-order valence-corrected chi connectivity index (χ1v) is 13.7. The third-order valence-electron chi connectivity index (χ3n) is 5.67. The number of phenols is 2. The molecule has 0 heterocycles. The second-order valence-electron chi connectivity index (χ2n) is 9.17. The molecule has 2 aromatic rings. The molecule has 0 saturated carbocycles. The van der Waals surface area contributed by atoms with Gasteiger partial charge < -0.3 is 40.4 Å². The molecule has 0 fully saturated rings. The van der Waals surface area contributed by atoms with Crippen LogP contribution in [0.4, 0.5) is 17.1 Å². The molecule has 2 rings (SSSR count). The normalized spacial score (nSPS) is 10.2. The Hall–Kier alpha value is -4.58. The molecule has 0 radical (unpaired) electrons. The Kier molecular flexibility index (Phi) is 21.7. The van der Waals surface area contributed by atoms with Crippen molar-refractivity contribution in [3.63, 3.8) is 0 Å². The quantitative estimate of drug-likeness (QED) is 0.0575. The number of carbonyl (C=O) groups excluding carboxylic acids is 1. The fourth-order valence-corrected chi connectivity index (χ4v) is 3.06. The molecule has 0 aliphatic carbocycles. The van der Waals surface area contributed by atoms with Crippen molar-refractivity contribution in [1.29, 1.82) is 0 Å². The smallest absolute Gasteiger partial charge is 0.325 e. The van der Waals surface area contributed by atoms with E-state index in [2.05, 4.69) is 35.6 Å². The van der Waals surface area contributed by atoms with E-state index in [0.29, 0.717) is 11.3 Å². The zero-order chi connectivity index (χ0) is 33.5. The number of carboxylic acids is 1. The molecular weight excluding hydrogens is 556 g/mol. The van der Waals surface area contributed by atoms with E-state index in [1.807, 2.05) is 27.6 Å². The van der Waals surface area contributed by atoms with Crippen LogP contribution in [0.15, 0.2) is 60.9 Å². The maximum Gasteiger partial charge on any atom is 0.325 e. The molecule has 5 N–H and O–H groups in total. The summed E-state index contributed by atoms with van der Waals surface area (Å²) in [6.45, 7) is 23.8. The molecule has 0 amide bonds. The van der Waals surface area contributed by atoms with E-state index in [1.54, 1.807) is 25.1 Å². The molecule has 12 nitrogen and oxygen atoms in total.